The summed E-state index contributed by atoms with van der Waals surface area (Å²) < 4.78 is 5.56. The van der Waals surface area contributed by atoms with Crippen molar-refractivity contribution in [2.45, 2.75) is 51.7 Å². The summed E-state index contributed by atoms with van der Waals surface area (Å²) in [5, 5.41) is 9.39. The lowest BCUT2D eigenvalue weighted by Crippen LogP contribution is -2.52. The fourth-order valence-corrected chi connectivity index (χ4v) is 3.88. The molecule has 32 heavy (non-hydrogen) atoms. The van der Waals surface area contributed by atoms with Crippen LogP contribution in [0.15, 0.2) is 54.6 Å². The average Bonchev–Trinajstić information content (AvgIpc) is 3.11. The minimum absolute atomic E-state index is 0.287. The Labute approximate surface area is 188 Å². The van der Waals surface area contributed by atoms with Gasteiger partial charge in [-0.05, 0) is 50.8 Å². The molecule has 170 valence electrons. The van der Waals surface area contributed by atoms with Crippen LogP contribution in [0.1, 0.15) is 38.3 Å². The molecule has 2 aromatic carbocycles. The first-order valence-corrected chi connectivity index (χ1v) is 10.8. The molecule has 1 aliphatic rings. The average molecular weight is 439 g/mol. The molecule has 0 aromatic heterocycles. The standard InChI is InChI=1S/C25H30N2O5/c1-25(2,3)32-24(31)27-20-14-8-7-13-19(20)16-21(27)23(30)26(17-22(28)29)15-9-12-18-10-5-4-6-11-18/h4-8,10-11,13-14,21H,9,12,15-17H2,1-3H3,(H,28,29)/t21-/m1/s1. The van der Waals surface area contributed by atoms with Crippen molar-refractivity contribution < 1.29 is 24.2 Å². The van der Waals surface area contributed by atoms with Gasteiger partial charge in [-0.25, -0.2) is 4.79 Å². The maximum absolute atomic E-state index is 13.5. The van der Waals surface area contributed by atoms with E-state index < -0.39 is 30.3 Å². The van der Waals surface area contributed by atoms with E-state index in [0.29, 0.717) is 18.5 Å². The second-order valence-corrected chi connectivity index (χ2v) is 8.94. The lowest BCUT2D eigenvalue weighted by molar-refractivity contribution is -0.145. The fourth-order valence-electron chi connectivity index (χ4n) is 3.88. The van der Waals surface area contributed by atoms with E-state index in [9.17, 15) is 19.5 Å². The highest BCUT2D eigenvalue weighted by Crippen LogP contribution is 2.34. The molecular formula is C25H30N2O5. The monoisotopic (exact) mass is 438 g/mol. The summed E-state index contributed by atoms with van der Waals surface area (Å²) in [6.07, 6.45) is 1.06. The zero-order valence-electron chi connectivity index (χ0n) is 18.8. The smallest absolute Gasteiger partial charge is 0.415 e. The van der Waals surface area contributed by atoms with Crippen LogP contribution < -0.4 is 4.90 Å². The van der Waals surface area contributed by atoms with Gasteiger partial charge in [0.25, 0.3) is 0 Å². The second-order valence-electron chi connectivity index (χ2n) is 8.94. The van der Waals surface area contributed by atoms with Crippen LogP contribution in [0.5, 0.6) is 0 Å². The molecular weight excluding hydrogens is 408 g/mol. The molecule has 0 spiro atoms. The van der Waals surface area contributed by atoms with E-state index in [1.165, 1.54) is 9.80 Å². The number of amides is 2. The van der Waals surface area contributed by atoms with Crippen LogP contribution in [0, 0.1) is 0 Å². The van der Waals surface area contributed by atoms with Gasteiger partial charge >= 0.3 is 12.1 Å². The Balaban J connectivity index is 1.79. The van der Waals surface area contributed by atoms with E-state index in [2.05, 4.69) is 0 Å². The highest BCUT2D eigenvalue weighted by molar-refractivity contribution is 6.01. The van der Waals surface area contributed by atoms with Gasteiger partial charge in [0.2, 0.25) is 5.91 Å². The van der Waals surface area contributed by atoms with Gasteiger partial charge < -0.3 is 14.7 Å². The molecule has 0 fully saturated rings. The van der Waals surface area contributed by atoms with Crippen LogP contribution in [0.2, 0.25) is 0 Å². The first kappa shape index (κ1) is 23.3. The molecule has 1 atom stereocenters. The Morgan fingerprint density at radius 2 is 1.72 bits per heavy atom. The van der Waals surface area contributed by atoms with E-state index >= 15 is 0 Å². The van der Waals surface area contributed by atoms with Gasteiger partial charge in [0.05, 0.1) is 5.69 Å². The van der Waals surface area contributed by atoms with Gasteiger partial charge in [-0.3, -0.25) is 14.5 Å². The third kappa shape index (κ3) is 5.87. The molecule has 1 N–H and O–H groups in total. The highest BCUT2D eigenvalue weighted by Gasteiger charge is 2.42. The summed E-state index contributed by atoms with van der Waals surface area (Å²) in [6.45, 7) is 5.18. The number of anilines is 1. The number of nitrogens with zero attached hydrogens (tertiary/aromatic N) is 2. The number of carboxylic acids is 1. The lowest BCUT2D eigenvalue weighted by Gasteiger charge is -2.31. The van der Waals surface area contributed by atoms with Gasteiger partial charge in [-0.2, -0.15) is 0 Å². The van der Waals surface area contributed by atoms with Gasteiger partial charge in [0.1, 0.15) is 18.2 Å². The number of carboxylic acid groups (broad SMARTS) is 1. The fraction of sp³-hybridized carbons (Fsp3) is 0.400. The van der Waals surface area contributed by atoms with E-state index in [1.54, 1.807) is 32.9 Å². The third-order valence-corrected chi connectivity index (χ3v) is 5.23. The maximum atomic E-state index is 13.5. The van der Waals surface area contributed by atoms with E-state index in [4.69, 9.17) is 4.74 Å². The Morgan fingerprint density at radius 1 is 1.06 bits per heavy atom. The number of aryl methyl sites for hydroxylation is 1. The summed E-state index contributed by atoms with van der Waals surface area (Å²) in [6, 6.07) is 16.3. The minimum Gasteiger partial charge on any atom is -0.480 e. The van der Waals surface area contributed by atoms with E-state index in [1.807, 2.05) is 42.5 Å². The molecule has 2 amide bonds. The molecule has 0 bridgehead atoms. The molecule has 7 heteroatoms. The number of rotatable bonds is 7. The maximum Gasteiger partial charge on any atom is 0.415 e. The van der Waals surface area contributed by atoms with Gasteiger partial charge in [-0.15, -0.1) is 0 Å². The number of aliphatic carboxylic acids is 1. The largest absolute Gasteiger partial charge is 0.480 e. The molecule has 1 heterocycles. The zero-order chi connectivity index (χ0) is 23.3. The SMILES string of the molecule is CC(C)(C)OC(=O)N1c2ccccc2C[C@@H]1C(=O)N(CCCc1ccccc1)CC(=O)O. The Morgan fingerprint density at radius 3 is 2.38 bits per heavy atom. The van der Waals surface area contributed by atoms with Crippen molar-refractivity contribution in [3.63, 3.8) is 0 Å². The van der Waals surface area contributed by atoms with Crippen LogP contribution >= 0.6 is 0 Å². The third-order valence-electron chi connectivity index (χ3n) is 5.23. The number of benzene rings is 2. The zero-order valence-corrected chi connectivity index (χ0v) is 18.8. The number of fused-ring (bicyclic) bond motifs is 1. The number of carbonyl (C=O) groups excluding carboxylic acids is 2. The van der Waals surface area contributed by atoms with Crippen LogP contribution in [0.3, 0.4) is 0 Å². The highest BCUT2D eigenvalue weighted by atomic mass is 16.6. The van der Waals surface area contributed by atoms with Crippen LogP contribution in [-0.2, 0) is 27.2 Å². The molecule has 1 aliphatic heterocycles. The summed E-state index contributed by atoms with van der Waals surface area (Å²) in [7, 11) is 0. The molecule has 0 aliphatic carbocycles. The van der Waals surface area contributed by atoms with Crippen molar-refractivity contribution in [3.8, 4) is 0 Å². The molecule has 0 saturated heterocycles. The number of hydrogen-bond donors (Lipinski definition) is 1. The lowest BCUT2D eigenvalue weighted by atomic mass is 10.1. The molecule has 0 unspecified atom stereocenters. The van der Waals surface area contributed by atoms with Crippen molar-refractivity contribution in [2.24, 2.45) is 0 Å². The summed E-state index contributed by atoms with van der Waals surface area (Å²) in [5.41, 5.74) is 1.88. The molecule has 7 nitrogen and oxygen atoms in total. The van der Waals surface area contributed by atoms with Gasteiger partial charge in [0.15, 0.2) is 0 Å². The number of ether oxygens (including phenoxy) is 1. The summed E-state index contributed by atoms with van der Waals surface area (Å²) in [5.74, 6) is -1.47. The molecule has 3 rings (SSSR count). The van der Waals surface area contributed by atoms with Gasteiger partial charge in [-0.1, -0.05) is 48.5 Å². The van der Waals surface area contributed by atoms with Crippen LogP contribution in [0.25, 0.3) is 0 Å². The predicted molar refractivity (Wildman–Crippen MR) is 122 cm³/mol. The van der Waals surface area contributed by atoms with Crippen molar-refractivity contribution in [1.82, 2.24) is 4.90 Å². The number of para-hydroxylation sites is 1. The summed E-state index contributed by atoms with van der Waals surface area (Å²) in [4.78, 5) is 40.7. The topological polar surface area (TPSA) is 87.2 Å². The Hall–Kier alpha value is -3.35. The van der Waals surface area contributed by atoms with Crippen LogP contribution in [0.4, 0.5) is 10.5 Å². The van der Waals surface area contributed by atoms with Crippen molar-refractivity contribution >= 4 is 23.7 Å². The van der Waals surface area contributed by atoms with Crippen molar-refractivity contribution in [1.29, 1.82) is 0 Å². The minimum atomic E-state index is -1.09. The first-order chi connectivity index (χ1) is 15.2. The molecule has 2 aromatic rings. The Bertz CT molecular complexity index is 968. The summed E-state index contributed by atoms with van der Waals surface area (Å²) >= 11 is 0. The van der Waals surface area contributed by atoms with Gasteiger partial charge in [0, 0.05) is 13.0 Å². The van der Waals surface area contributed by atoms with E-state index in [-0.39, 0.29) is 12.5 Å². The van der Waals surface area contributed by atoms with Crippen molar-refractivity contribution in [3.05, 3.63) is 65.7 Å². The van der Waals surface area contributed by atoms with Crippen molar-refractivity contribution in [2.75, 3.05) is 18.0 Å². The predicted octanol–water partition coefficient (Wildman–Crippen LogP) is 3.90. The second kappa shape index (κ2) is 9.85. The number of hydrogen-bond acceptors (Lipinski definition) is 4. The first-order valence-electron chi connectivity index (χ1n) is 10.8. The van der Waals surface area contributed by atoms with E-state index in [0.717, 1.165) is 17.5 Å². The molecule has 0 radical (unpaired) electrons. The number of carbonyl (C=O) groups is 3. The van der Waals surface area contributed by atoms with Crippen LogP contribution in [-0.4, -0.2) is 52.7 Å². The Kier molecular flexibility index (Phi) is 7.18. The normalized spacial score (nSPS) is 15.2. The quantitative estimate of drug-likeness (QED) is 0.709. The molecule has 0 saturated carbocycles.